The Morgan fingerprint density at radius 1 is 1.06 bits per heavy atom. The Morgan fingerprint density at radius 2 is 1.72 bits per heavy atom. The topological polar surface area (TPSA) is 12.0 Å². The molecule has 0 aliphatic heterocycles. The maximum Gasteiger partial charge on any atom is 0.0420 e. The maximum absolute atomic E-state index is 3.56. The molecule has 0 amide bonds. The lowest BCUT2D eigenvalue weighted by atomic mass is 10.0. The zero-order chi connectivity index (χ0) is 13.6. The number of allylic oxidation sites excluding steroid dienone is 4. The van der Waals surface area contributed by atoms with Crippen molar-refractivity contribution in [1.29, 1.82) is 0 Å². The second-order valence-electron chi connectivity index (χ2n) is 5.24. The summed E-state index contributed by atoms with van der Waals surface area (Å²) in [4.78, 5) is 0. The lowest BCUT2D eigenvalue weighted by Gasteiger charge is -2.24. The molecule has 1 aromatic carbocycles. The van der Waals surface area contributed by atoms with E-state index in [2.05, 4.69) is 68.6 Å². The molecule has 1 N–H and O–H groups in total. The number of para-hydroxylation sites is 1. The zero-order valence-corrected chi connectivity index (χ0v) is 12.2. The lowest BCUT2D eigenvalue weighted by molar-refractivity contribution is 0.634. The molecule has 1 heteroatoms. The van der Waals surface area contributed by atoms with Gasteiger partial charge in [0, 0.05) is 16.8 Å². The van der Waals surface area contributed by atoms with Crippen molar-refractivity contribution in [3.63, 3.8) is 0 Å². The normalized spacial score (nSPS) is 13.7. The summed E-state index contributed by atoms with van der Waals surface area (Å²) in [5.74, 6) is 0. The number of benzene rings is 1. The minimum absolute atomic E-state index is 0.0999. The van der Waals surface area contributed by atoms with Gasteiger partial charge in [-0.05, 0) is 38.8 Å². The third-order valence-electron chi connectivity index (χ3n) is 2.55. The molecule has 0 aromatic heterocycles. The fraction of sp³-hybridized carbons (Fsp3) is 0.412. The smallest absolute Gasteiger partial charge is 0.0420 e. The first kappa shape index (κ1) is 14.6. The Morgan fingerprint density at radius 3 is 2.28 bits per heavy atom. The highest BCUT2D eigenvalue weighted by Gasteiger charge is 2.13. The molecule has 2 rings (SSSR count). The first-order chi connectivity index (χ1) is 8.56. The van der Waals surface area contributed by atoms with E-state index in [0.29, 0.717) is 0 Å². The molecule has 0 saturated carbocycles. The molecule has 1 aliphatic rings. The third kappa shape index (κ3) is 4.06. The lowest BCUT2D eigenvalue weighted by Crippen LogP contribution is -2.26. The summed E-state index contributed by atoms with van der Waals surface area (Å²) in [7, 11) is 0. The third-order valence-corrected chi connectivity index (χ3v) is 2.55. The van der Waals surface area contributed by atoms with Crippen LogP contribution in [0.2, 0.25) is 0 Å². The Hall–Kier alpha value is -1.50. The molecule has 1 aromatic rings. The summed E-state index contributed by atoms with van der Waals surface area (Å²) < 4.78 is 0. The Labute approximate surface area is 112 Å². The summed E-state index contributed by atoms with van der Waals surface area (Å²) >= 11 is 0. The first-order valence-electron chi connectivity index (χ1n) is 6.79. The van der Waals surface area contributed by atoms with Crippen LogP contribution in [0.5, 0.6) is 0 Å². The molecule has 18 heavy (non-hydrogen) atoms. The molecule has 1 aliphatic carbocycles. The van der Waals surface area contributed by atoms with Crippen LogP contribution in [0.1, 0.15) is 46.6 Å². The van der Waals surface area contributed by atoms with Crippen LogP contribution < -0.4 is 5.32 Å². The van der Waals surface area contributed by atoms with Crippen LogP contribution in [0, 0.1) is 0 Å². The van der Waals surface area contributed by atoms with Gasteiger partial charge < -0.3 is 5.32 Å². The van der Waals surface area contributed by atoms with E-state index in [9.17, 15) is 0 Å². The summed E-state index contributed by atoms with van der Waals surface area (Å²) in [6.45, 7) is 10.6. The molecule has 0 atom stereocenters. The van der Waals surface area contributed by atoms with Crippen molar-refractivity contribution in [3.8, 4) is 0 Å². The number of hydrogen-bond donors (Lipinski definition) is 1. The van der Waals surface area contributed by atoms with Gasteiger partial charge in [-0.3, -0.25) is 0 Å². The number of anilines is 1. The number of hydrogen-bond acceptors (Lipinski definition) is 1. The predicted molar refractivity (Wildman–Crippen MR) is 82.9 cm³/mol. The molecule has 0 unspecified atom stereocenters. The maximum atomic E-state index is 3.56. The molecule has 0 bridgehead atoms. The average Bonchev–Trinajstić information content (AvgIpc) is 2.84. The highest BCUT2D eigenvalue weighted by molar-refractivity contribution is 5.79. The van der Waals surface area contributed by atoms with Crippen LogP contribution >= 0.6 is 0 Å². The Kier molecular flexibility index (Phi) is 5.21. The fourth-order valence-corrected chi connectivity index (χ4v) is 1.92. The highest BCUT2D eigenvalue weighted by Crippen LogP contribution is 2.30. The number of nitrogens with one attached hydrogen (secondary N) is 1. The van der Waals surface area contributed by atoms with Crippen molar-refractivity contribution in [2.75, 3.05) is 5.32 Å². The average molecular weight is 243 g/mol. The van der Waals surface area contributed by atoms with E-state index in [4.69, 9.17) is 0 Å². The van der Waals surface area contributed by atoms with Gasteiger partial charge in [0.1, 0.15) is 0 Å². The summed E-state index contributed by atoms with van der Waals surface area (Å²) in [6.07, 6.45) is 7.57. The van der Waals surface area contributed by atoms with Gasteiger partial charge in [0.15, 0.2) is 0 Å². The minimum Gasteiger partial charge on any atom is -0.380 e. The van der Waals surface area contributed by atoms with Crippen molar-refractivity contribution >= 4 is 11.3 Å². The molecule has 0 saturated heterocycles. The molecule has 98 valence electrons. The standard InChI is InChI=1S/C15H19N.C2H6/c1-15(2,3)16-14-11-7-6-10-13(14)12-8-4-5-9-12;1-2/h4-8,10-11,16H,9H2,1-3H3;1-2H3. The van der Waals surface area contributed by atoms with Crippen LogP contribution in [0.3, 0.4) is 0 Å². The molecule has 0 heterocycles. The molecule has 0 spiro atoms. The SMILES string of the molecule is CC.CC(C)(C)Nc1ccccc1C1=CC=CC1. The summed E-state index contributed by atoms with van der Waals surface area (Å²) in [5.41, 5.74) is 4.04. The highest BCUT2D eigenvalue weighted by atomic mass is 15.0. The van der Waals surface area contributed by atoms with Crippen molar-refractivity contribution in [3.05, 3.63) is 48.1 Å². The monoisotopic (exact) mass is 243 g/mol. The van der Waals surface area contributed by atoms with Gasteiger partial charge in [-0.2, -0.15) is 0 Å². The van der Waals surface area contributed by atoms with Gasteiger partial charge in [0.25, 0.3) is 0 Å². The van der Waals surface area contributed by atoms with E-state index in [0.717, 1.165) is 6.42 Å². The van der Waals surface area contributed by atoms with E-state index in [1.807, 2.05) is 13.8 Å². The van der Waals surface area contributed by atoms with Gasteiger partial charge in [-0.1, -0.05) is 50.3 Å². The Balaban J connectivity index is 0.000000771. The molecule has 0 fully saturated rings. The summed E-state index contributed by atoms with van der Waals surface area (Å²) in [5, 5.41) is 3.56. The molecular formula is C17H25N. The van der Waals surface area contributed by atoms with E-state index in [1.54, 1.807) is 0 Å². The second kappa shape index (κ2) is 6.44. The largest absolute Gasteiger partial charge is 0.380 e. The minimum atomic E-state index is 0.0999. The van der Waals surface area contributed by atoms with E-state index >= 15 is 0 Å². The second-order valence-corrected chi connectivity index (χ2v) is 5.24. The van der Waals surface area contributed by atoms with Crippen LogP contribution in [-0.2, 0) is 0 Å². The predicted octanol–water partition coefficient (Wildman–Crippen LogP) is 5.27. The quantitative estimate of drug-likeness (QED) is 0.746. The Bertz CT molecular complexity index is 433. The van der Waals surface area contributed by atoms with Crippen LogP contribution in [0.15, 0.2) is 42.5 Å². The van der Waals surface area contributed by atoms with Gasteiger partial charge in [0.2, 0.25) is 0 Å². The fourth-order valence-electron chi connectivity index (χ4n) is 1.92. The van der Waals surface area contributed by atoms with E-state index in [-0.39, 0.29) is 5.54 Å². The van der Waals surface area contributed by atoms with Gasteiger partial charge in [-0.25, -0.2) is 0 Å². The molecule has 1 nitrogen and oxygen atoms in total. The van der Waals surface area contributed by atoms with Gasteiger partial charge in [-0.15, -0.1) is 0 Å². The zero-order valence-electron chi connectivity index (χ0n) is 12.2. The van der Waals surface area contributed by atoms with Crippen molar-refractivity contribution in [2.24, 2.45) is 0 Å². The van der Waals surface area contributed by atoms with Crippen LogP contribution in [0.4, 0.5) is 5.69 Å². The molecular weight excluding hydrogens is 218 g/mol. The van der Waals surface area contributed by atoms with Gasteiger partial charge in [0.05, 0.1) is 0 Å². The van der Waals surface area contributed by atoms with E-state index < -0.39 is 0 Å². The summed E-state index contributed by atoms with van der Waals surface area (Å²) in [6, 6.07) is 8.52. The van der Waals surface area contributed by atoms with E-state index in [1.165, 1.54) is 16.8 Å². The van der Waals surface area contributed by atoms with Crippen LogP contribution in [0.25, 0.3) is 5.57 Å². The van der Waals surface area contributed by atoms with Crippen molar-refractivity contribution < 1.29 is 0 Å². The first-order valence-corrected chi connectivity index (χ1v) is 6.79. The van der Waals surface area contributed by atoms with Crippen LogP contribution in [-0.4, -0.2) is 5.54 Å². The molecule has 0 radical (unpaired) electrons. The van der Waals surface area contributed by atoms with Gasteiger partial charge >= 0.3 is 0 Å². The van der Waals surface area contributed by atoms with Crippen molar-refractivity contribution in [1.82, 2.24) is 0 Å². The number of rotatable bonds is 2. The van der Waals surface area contributed by atoms with Crippen molar-refractivity contribution in [2.45, 2.75) is 46.6 Å².